The predicted molar refractivity (Wildman–Crippen MR) is 116 cm³/mol. The van der Waals surface area contributed by atoms with E-state index in [1.54, 1.807) is 35.5 Å². The molecule has 2 aromatic rings. The lowest BCUT2D eigenvalue weighted by atomic mass is 10.1. The van der Waals surface area contributed by atoms with Gasteiger partial charge in [0.05, 0.1) is 18.8 Å². The normalized spacial score (nSPS) is 14.2. The van der Waals surface area contributed by atoms with Crippen molar-refractivity contribution in [3.05, 3.63) is 47.0 Å². The zero-order chi connectivity index (χ0) is 21.7. The maximum atomic E-state index is 12.4. The molecule has 0 saturated carbocycles. The lowest BCUT2D eigenvalue weighted by Crippen LogP contribution is -2.60. The topological polar surface area (TPSA) is 103 Å². The number of nitrogens with one attached hydrogen (secondary N) is 2. The van der Waals surface area contributed by atoms with Gasteiger partial charge in [-0.1, -0.05) is 19.9 Å². The Morgan fingerprint density at radius 3 is 2.93 bits per heavy atom. The molecule has 0 unspecified atom stereocenters. The Labute approximate surface area is 175 Å². The van der Waals surface area contributed by atoms with E-state index in [-0.39, 0.29) is 23.5 Å². The molecule has 2 N–H and O–H groups in total. The first-order chi connectivity index (χ1) is 14.4. The Bertz CT molecular complexity index is 965. The largest absolute Gasteiger partial charge is 0.467 e. The summed E-state index contributed by atoms with van der Waals surface area (Å²) in [6, 6.07) is 4.27. The quantitative estimate of drug-likeness (QED) is 0.625. The summed E-state index contributed by atoms with van der Waals surface area (Å²) < 4.78 is 5.07. The molecule has 0 aromatic carbocycles. The van der Waals surface area contributed by atoms with Crippen LogP contribution in [-0.2, 0) is 4.79 Å². The SMILES string of the molecule is COc1nccc(-c2c[nH]c(=O)c(N(C)C3CN(C(=O)/C=C/CNC(C)C)C3)c2)n1. The van der Waals surface area contributed by atoms with E-state index in [0.29, 0.717) is 37.1 Å². The van der Waals surface area contributed by atoms with Gasteiger partial charge in [-0.25, -0.2) is 4.98 Å². The average molecular weight is 412 g/mol. The Morgan fingerprint density at radius 1 is 1.47 bits per heavy atom. The van der Waals surface area contributed by atoms with E-state index in [4.69, 9.17) is 4.74 Å². The molecule has 0 aliphatic carbocycles. The average Bonchev–Trinajstić information content (AvgIpc) is 2.70. The molecule has 0 atom stereocenters. The lowest BCUT2D eigenvalue weighted by molar-refractivity contribution is -0.130. The van der Waals surface area contributed by atoms with Gasteiger partial charge in [-0.3, -0.25) is 9.59 Å². The van der Waals surface area contributed by atoms with Gasteiger partial charge in [-0.05, 0) is 12.1 Å². The number of carbonyl (C=O) groups is 1. The first kappa shape index (κ1) is 21.5. The second-order valence-electron chi connectivity index (χ2n) is 7.50. The number of likely N-dealkylation sites (tertiary alicyclic amines) is 1. The molecule has 1 saturated heterocycles. The molecule has 0 spiro atoms. The minimum absolute atomic E-state index is 0.0130. The van der Waals surface area contributed by atoms with Crippen LogP contribution in [-0.4, -0.2) is 71.6 Å². The van der Waals surface area contributed by atoms with Gasteiger partial charge in [0.2, 0.25) is 5.91 Å². The van der Waals surface area contributed by atoms with Crippen molar-refractivity contribution in [2.75, 3.05) is 38.7 Å². The van der Waals surface area contributed by atoms with E-state index in [0.717, 1.165) is 5.56 Å². The number of methoxy groups -OCH3 is 1. The summed E-state index contributed by atoms with van der Waals surface area (Å²) in [5.74, 6) is -0.0130. The molecule has 2 aromatic heterocycles. The van der Waals surface area contributed by atoms with Crippen molar-refractivity contribution in [1.29, 1.82) is 0 Å². The van der Waals surface area contributed by atoms with E-state index in [1.165, 1.54) is 7.11 Å². The van der Waals surface area contributed by atoms with Crippen LogP contribution in [0.25, 0.3) is 11.3 Å². The molecule has 1 aliphatic heterocycles. The van der Waals surface area contributed by atoms with Crippen LogP contribution >= 0.6 is 0 Å². The van der Waals surface area contributed by atoms with Crippen molar-refractivity contribution >= 4 is 11.6 Å². The third kappa shape index (κ3) is 5.04. The van der Waals surface area contributed by atoms with Crippen LogP contribution in [0.2, 0.25) is 0 Å². The smallest absolute Gasteiger partial charge is 0.316 e. The summed E-state index contributed by atoms with van der Waals surface area (Å²) in [5, 5.41) is 3.24. The maximum absolute atomic E-state index is 12.4. The van der Waals surface area contributed by atoms with Crippen LogP contribution in [0.3, 0.4) is 0 Å². The standard InChI is InChI=1S/C21H28N6O3/c1-14(2)22-8-5-6-19(28)27-12-16(13-27)26(3)18-10-15(11-24-20(18)29)17-7-9-23-21(25-17)30-4/h5-7,9-11,14,16,22H,8,12-13H2,1-4H3,(H,24,29)/b6-5+. The summed E-state index contributed by atoms with van der Waals surface area (Å²) in [5.41, 5.74) is 1.74. The Hall–Kier alpha value is -3.20. The van der Waals surface area contributed by atoms with Crippen molar-refractivity contribution in [1.82, 2.24) is 25.2 Å². The number of aromatic amines is 1. The molecular weight excluding hydrogens is 384 g/mol. The summed E-state index contributed by atoms with van der Waals surface area (Å²) in [6.07, 6.45) is 6.66. The van der Waals surface area contributed by atoms with Gasteiger partial charge in [0.1, 0.15) is 5.69 Å². The zero-order valence-electron chi connectivity index (χ0n) is 17.8. The highest BCUT2D eigenvalue weighted by Crippen LogP contribution is 2.23. The van der Waals surface area contributed by atoms with Gasteiger partial charge in [0, 0.05) is 56.8 Å². The number of H-pyrrole nitrogens is 1. The molecule has 160 valence electrons. The number of amides is 1. The summed E-state index contributed by atoms with van der Waals surface area (Å²) >= 11 is 0. The molecule has 3 heterocycles. The number of nitrogens with zero attached hydrogens (tertiary/aromatic N) is 4. The second kappa shape index (κ2) is 9.53. The van der Waals surface area contributed by atoms with Crippen LogP contribution in [0.4, 0.5) is 5.69 Å². The summed E-state index contributed by atoms with van der Waals surface area (Å²) in [6.45, 7) is 5.92. The van der Waals surface area contributed by atoms with Crippen LogP contribution in [0.15, 0.2) is 41.5 Å². The predicted octanol–water partition coefficient (Wildman–Crippen LogP) is 1.04. The minimum Gasteiger partial charge on any atom is -0.467 e. The van der Waals surface area contributed by atoms with Crippen molar-refractivity contribution < 1.29 is 9.53 Å². The van der Waals surface area contributed by atoms with E-state index < -0.39 is 0 Å². The number of hydrogen-bond acceptors (Lipinski definition) is 7. The fourth-order valence-electron chi connectivity index (χ4n) is 3.13. The fourth-order valence-corrected chi connectivity index (χ4v) is 3.13. The highest BCUT2D eigenvalue weighted by atomic mass is 16.5. The fraction of sp³-hybridized carbons (Fsp3) is 0.429. The molecule has 3 rings (SSSR count). The van der Waals surface area contributed by atoms with Crippen LogP contribution in [0.5, 0.6) is 6.01 Å². The third-order valence-corrected chi connectivity index (χ3v) is 5.00. The van der Waals surface area contributed by atoms with Crippen molar-refractivity contribution in [3.63, 3.8) is 0 Å². The van der Waals surface area contributed by atoms with Gasteiger partial charge in [0.15, 0.2) is 0 Å². The first-order valence-electron chi connectivity index (χ1n) is 9.91. The minimum atomic E-state index is -0.188. The molecule has 0 bridgehead atoms. The summed E-state index contributed by atoms with van der Waals surface area (Å²) in [7, 11) is 3.37. The first-order valence-corrected chi connectivity index (χ1v) is 9.91. The third-order valence-electron chi connectivity index (χ3n) is 5.00. The number of anilines is 1. The van der Waals surface area contributed by atoms with E-state index in [9.17, 15) is 9.59 Å². The van der Waals surface area contributed by atoms with E-state index in [1.807, 2.05) is 18.0 Å². The van der Waals surface area contributed by atoms with Gasteiger partial charge < -0.3 is 24.8 Å². The van der Waals surface area contributed by atoms with Crippen LogP contribution in [0.1, 0.15) is 13.8 Å². The highest BCUT2D eigenvalue weighted by molar-refractivity contribution is 5.88. The second-order valence-corrected chi connectivity index (χ2v) is 7.50. The Balaban J connectivity index is 1.64. The molecule has 9 heteroatoms. The number of pyridine rings is 1. The van der Waals surface area contributed by atoms with Crippen molar-refractivity contribution in [2.45, 2.75) is 25.9 Å². The van der Waals surface area contributed by atoms with Crippen LogP contribution in [0, 0.1) is 0 Å². The Kier molecular flexibility index (Phi) is 6.83. The number of rotatable bonds is 8. The highest BCUT2D eigenvalue weighted by Gasteiger charge is 2.33. The number of aromatic nitrogens is 3. The molecule has 1 fully saturated rings. The van der Waals surface area contributed by atoms with Gasteiger partial charge in [-0.2, -0.15) is 4.98 Å². The number of hydrogen-bond donors (Lipinski definition) is 2. The lowest BCUT2D eigenvalue weighted by Gasteiger charge is -2.44. The van der Waals surface area contributed by atoms with Gasteiger partial charge >= 0.3 is 6.01 Å². The zero-order valence-corrected chi connectivity index (χ0v) is 17.8. The molecule has 30 heavy (non-hydrogen) atoms. The molecule has 0 radical (unpaired) electrons. The van der Waals surface area contributed by atoms with E-state index in [2.05, 4.69) is 34.1 Å². The Morgan fingerprint density at radius 2 is 2.23 bits per heavy atom. The number of carbonyl (C=O) groups excluding carboxylic acids is 1. The van der Waals surface area contributed by atoms with Crippen LogP contribution < -0.4 is 20.5 Å². The monoisotopic (exact) mass is 412 g/mol. The van der Waals surface area contributed by atoms with Gasteiger partial charge in [-0.15, -0.1) is 0 Å². The van der Waals surface area contributed by atoms with Gasteiger partial charge in [0.25, 0.3) is 5.56 Å². The van der Waals surface area contributed by atoms with Crippen molar-refractivity contribution in [3.8, 4) is 17.3 Å². The number of likely N-dealkylation sites (N-methyl/N-ethyl adjacent to an activating group) is 1. The summed E-state index contributed by atoms with van der Waals surface area (Å²) in [4.78, 5) is 39.4. The molecule has 1 amide bonds. The number of ether oxygens (including phenoxy) is 1. The molecule has 9 nitrogen and oxygen atoms in total. The molecular formula is C21H28N6O3. The molecule has 1 aliphatic rings. The maximum Gasteiger partial charge on any atom is 0.316 e. The van der Waals surface area contributed by atoms with Crippen molar-refractivity contribution in [2.24, 2.45) is 0 Å². The van der Waals surface area contributed by atoms with E-state index >= 15 is 0 Å².